The van der Waals surface area contributed by atoms with Crippen LogP contribution in [0, 0.1) is 0 Å². The van der Waals surface area contributed by atoms with Gasteiger partial charge in [0.05, 0.1) is 0 Å². The van der Waals surface area contributed by atoms with Crippen LogP contribution in [0.4, 0.5) is 51.8 Å². The Morgan fingerprint density at radius 3 is 0.421 bits per heavy atom. The van der Waals surface area contributed by atoms with Crippen molar-refractivity contribution < 1.29 is 51.8 Å². The van der Waals surface area contributed by atoms with Crippen molar-refractivity contribution in [1.29, 1.82) is 0 Å². The SMILES string of the molecule is C1CC1.F[B-](F)(F)F.F[B-](F)(F)F.F[B-](F)(F)F.[KH]. The van der Waals surface area contributed by atoms with E-state index in [0.717, 1.165) is 0 Å². The molecule has 0 aromatic carbocycles. The summed E-state index contributed by atoms with van der Waals surface area (Å²) in [5, 5.41) is 0. The Labute approximate surface area is 143 Å². The van der Waals surface area contributed by atoms with Crippen molar-refractivity contribution >= 4 is 73.1 Å². The fourth-order valence-electron chi connectivity index (χ4n) is 0. The molecule has 0 saturated heterocycles. The Kier molecular flexibility index (Phi) is 18.9. The van der Waals surface area contributed by atoms with Gasteiger partial charge in [0.2, 0.25) is 0 Å². The fraction of sp³-hybridized carbons (Fsp3) is 1.00. The third-order valence-corrected chi connectivity index (χ3v) is 0.354. The van der Waals surface area contributed by atoms with Crippen LogP contribution in [-0.4, -0.2) is 73.1 Å². The summed E-state index contributed by atoms with van der Waals surface area (Å²) in [6, 6.07) is 0. The molecule has 0 aliphatic heterocycles. The zero-order valence-corrected chi connectivity index (χ0v) is 8.39. The molecule has 0 atom stereocenters. The van der Waals surface area contributed by atoms with E-state index in [9.17, 15) is 51.8 Å². The predicted molar refractivity (Wildman–Crippen MR) is 51.6 cm³/mol. The van der Waals surface area contributed by atoms with Crippen molar-refractivity contribution in [2.75, 3.05) is 0 Å². The van der Waals surface area contributed by atoms with Gasteiger partial charge in [0.25, 0.3) is 0 Å². The van der Waals surface area contributed by atoms with Crippen LogP contribution in [0.15, 0.2) is 0 Å². The van der Waals surface area contributed by atoms with E-state index < -0.39 is 21.8 Å². The summed E-state index contributed by atoms with van der Waals surface area (Å²) < 4.78 is 117. The number of hydrogen-bond acceptors (Lipinski definition) is 0. The van der Waals surface area contributed by atoms with E-state index in [4.69, 9.17) is 0 Å². The Morgan fingerprint density at radius 1 is 0.368 bits per heavy atom. The van der Waals surface area contributed by atoms with Crippen LogP contribution in [-0.2, 0) is 0 Å². The number of rotatable bonds is 0. The van der Waals surface area contributed by atoms with Gasteiger partial charge in [-0.25, -0.2) is 0 Å². The van der Waals surface area contributed by atoms with Crippen LogP contribution in [0.2, 0.25) is 0 Å². The van der Waals surface area contributed by atoms with Crippen LogP contribution in [0.3, 0.4) is 0 Å². The van der Waals surface area contributed by atoms with Gasteiger partial charge in [0, 0.05) is 0 Å². The normalized spacial score (nSPS) is 13.3. The summed E-state index contributed by atoms with van der Waals surface area (Å²) in [7, 11) is -18.0. The molecule has 0 aromatic heterocycles. The van der Waals surface area contributed by atoms with Crippen molar-refractivity contribution in [2.45, 2.75) is 19.3 Å². The zero-order chi connectivity index (χ0) is 15.6. The van der Waals surface area contributed by atoms with Crippen LogP contribution < -0.4 is 0 Å². The second-order valence-electron chi connectivity index (χ2n) is 2.55. The molecule has 116 valence electrons. The van der Waals surface area contributed by atoms with Crippen molar-refractivity contribution in [3.63, 3.8) is 0 Å². The van der Waals surface area contributed by atoms with E-state index in [1.165, 1.54) is 19.3 Å². The minimum atomic E-state index is -6.00. The van der Waals surface area contributed by atoms with E-state index in [2.05, 4.69) is 0 Å². The van der Waals surface area contributed by atoms with Crippen LogP contribution in [0.25, 0.3) is 0 Å². The Bertz CT molecular complexity index is 133. The summed E-state index contributed by atoms with van der Waals surface area (Å²) in [6.07, 6.45) is 4.50. The summed E-state index contributed by atoms with van der Waals surface area (Å²) >= 11 is 0. The predicted octanol–water partition coefficient (Wildman–Crippen LogP) is 4.42. The number of hydrogen-bond donors (Lipinski definition) is 0. The van der Waals surface area contributed by atoms with Gasteiger partial charge in [-0.3, -0.25) is 0 Å². The molecule has 1 aliphatic rings. The first-order valence-corrected chi connectivity index (χ1v) is 4.12. The average molecular weight is 343 g/mol. The van der Waals surface area contributed by atoms with E-state index in [1.807, 2.05) is 0 Å². The molecular formula is C3H7B3F12K-3. The quantitative estimate of drug-likeness (QED) is 0.451. The molecule has 0 nitrogen and oxygen atoms in total. The molecule has 1 aliphatic carbocycles. The first-order valence-electron chi connectivity index (χ1n) is 4.12. The maximum absolute atomic E-state index is 9.75. The van der Waals surface area contributed by atoms with Gasteiger partial charge < -0.3 is 51.8 Å². The zero-order valence-electron chi connectivity index (χ0n) is 8.39. The van der Waals surface area contributed by atoms with Crippen molar-refractivity contribution in [1.82, 2.24) is 0 Å². The molecule has 19 heavy (non-hydrogen) atoms. The fourth-order valence-corrected chi connectivity index (χ4v) is 0. The van der Waals surface area contributed by atoms with Gasteiger partial charge in [-0.1, -0.05) is 19.3 Å². The standard InChI is InChI=1S/C3H6.3BF4.K.H/c1-2-3-1;3*2-1(3,4)5;;/h1-3H2;;;;;/q;3*-1;;. The van der Waals surface area contributed by atoms with Gasteiger partial charge in [0.1, 0.15) is 0 Å². The van der Waals surface area contributed by atoms with E-state index in [-0.39, 0.29) is 51.4 Å². The summed E-state index contributed by atoms with van der Waals surface area (Å²) in [5.74, 6) is 0. The second-order valence-corrected chi connectivity index (χ2v) is 2.55. The maximum atomic E-state index is 9.75. The van der Waals surface area contributed by atoms with Crippen molar-refractivity contribution in [3.8, 4) is 0 Å². The van der Waals surface area contributed by atoms with Gasteiger partial charge in [-0.15, -0.1) is 0 Å². The summed E-state index contributed by atoms with van der Waals surface area (Å²) in [5.41, 5.74) is 0. The van der Waals surface area contributed by atoms with E-state index >= 15 is 0 Å². The third-order valence-electron chi connectivity index (χ3n) is 0.354. The van der Waals surface area contributed by atoms with Crippen LogP contribution >= 0.6 is 0 Å². The minimum absolute atomic E-state index is 0. The first kappa shape index (κ1) is 28.2. The molecule has 1 fully saturated rings. The monoisotopic (exact) mass is 343 g/mol. The van der Waals surface area contributed by atoms with Crippen LogP contribution in [0.5, 0.6) is 0 Å². The first-order chi connectivity index (χ1) is 7.50. The number of halogens is 12. The Balaban J connectivity index is -0.0000000783. The van der Waals surface area contributed by atoms with E-state index in [0.29, 0.717) is 0 Å². The topological polar surface area (TPSA) is 0 Å². The summed E-state index contributed by atoms with van der Waals surface area (Å²) in [6.45, 7) is 0. The second kappa shape index (κ2) is 12.7. The molecule has 1 rings (SSSR count). The molecule has 16 heteroatoms. The van der Waals surface area contributed by atoms with Crippen molar-refractivity contribution in [3.05, 3.63) is 0 Å². The molecule has 0 bridgehead atoms. The summed E-state index contributed by atoms with van der Waals surface area (Å²) in [4.78, 5) is 0. The molecule has 0 amide bonds. The van der Waals surface area contributed by atoms with Gasteiger partial charge in [-0.05, 0) is 0 Å². The molecule has 0 spiro atoms. The van der Waals surface area contributed by atoms with Gasteiger partial charge in [-0.2, -0.15) is 0 Å². The molecule has 0 N–H and O–H groups in total. The third kappa shape index (κ3) is 1380. The van der Waals surface area contributed by atoms with E-state index in [1.54, 1.807) is 0 Å². The van der Waals surface area contributed by atoms with Crippen molar-refractivity contribution in [2.24, 2.45) is 0 Å². The van der Waals surface area contributed by atoms with Crippen LogP contribution in [0.1, 0.15) is 19.3 Å². The molecule has 0 radical (unpaired) electrons. The molecule has 0 heterocycles. The molecule has 1 saturated carbocycles. The van der Waals surface area contributed by atoms with Gasteiger partial charge in [0.15, 0.2) is 0 Å². The molecule has 0 aromatic rings. The molecule has 0 unspecified atom stereocenters. The molecular weight excluding hydrogens is 336 g/mol. The Morgan fingerprint density at radius 2 is 0.421 bits per heavy atom. The van der Waals surface area contributed by atoms with Gasteiger partial charge >= 0.3 is 73.1 Å². The average Bonchev–Trinajstić information content (AvgIpc) is 2.49. The Hall–Kier alpha value is 0.991.